The third kappa shape index (κ3) is 6.18. The number of thiocarbonyl (C=S) groups is 1. The number of ether oxygens (including phenoxy) is 1. The molecule has 1 heterocycles. The molecule has 0 amide bonds. The lowest BCUT2D eigenvalue weighted by atomic mass is 10.1. The van der Waals surface area contributed by atoms with Crippen LogP contribution in [0.2, 0.25) is 0 Å². The van der Waals surface area contributed by atoms with Gasteiger partial charge in [-0.2, -0.15) is 5.10 Å². The Morgan fingerprint density at radius 3 is 2.86 bits per heavy atom. The summed E-state index contributed by atoms with van der Waals surface area (Å²) >= 11 is 4.61. The molecule has 0 unspecified atom stereocenters. The van der Waals surface area contributed by atoms with E-state index in [1.165, 1.54) is 6.07 Å². The number of piperazine rings is 1. The minimum Gasteiger partial charge on any atom is -0.375 e. The van der Waals surface area contributed by atoms with Crippen LogP contribution < -0.4 is 21.4 Å². The Hall–Kier alpha value is -2.62. The number of nitrogens with one attached hydrogen (secondary N) is 2. The fourth-order valence-electron chi connectivity index (χ4n) is 3.11. The number of hydrogen-bond acceptors (Lipinski definition) is 5. The van der Waals surface area contributed by atoms with E-state index >= 15 is 0 Å². The largest absolute Gasteiger partial charge is 0.375 e. The van der Waals surface area contributed by atoms with E-state index in [1.807, 2.05) is 35.2 Å². The Bertz CT molecular complexity index is 865. The van der Waals surface area contributed by atoms with Gasteiger partial charge in [0.25, 0.3) is 0 Å². The maximum atomic E-state index is 14.6. The van der Waals surface area contributed by atoms with Crippen LogP contribution in [0.5, 0.6) is 0 Å². The predicted octanol–water partition coefficient (Wildman–Crippen LogP) is 2.13. The summed E-state index contributed by atoms with van der Waals surface area (Å²) in [6.45, 7) is 2.73. The maximum Gasteiger partial charge on any atom is 0.184 e. The fourth-order valence-corrected chi connectivity index (χ4v) is 3.16. The second kappa shape index (κ2) is 10.2. The average molecular weight is 420 g/mol. The van der Waals surface area contributed by atoms with Crippen LogP contribution in [-0.4, -0.2) is 43.6 Å². The van der Waals surface area contributed by atoms with Crippen molar-refractivity contribution in [2.45, 2.75) is 12.6 Å². The van der Waals surface area contributed by atoms with Gasteiger partial charge in [0.1, 0.15) is 11.6 Å². The summed E-state index contributed by atoms with van der Waals surface area (Å²) < 4.78 is 34.8. The Morgan fingerprint density at radius 2 is 2.10 bits per heavy atom. The van der Waals surface area contributed by atoms with Crippen molar-refractivity contribution in [3.8, 4) is 0 Å². The third-order valence-corrected chi connectivity index (χ3v) is 4.56. The standard InChI is InChI=1S/C20H23F2N5OS/c21-17-9-19(18(22)8-15(17)10-25-26-20(23)29)27-7-6-24-16(11-27)13-28-12-14-4-2-1-3-5-14/h1-5,8-10,16,24H,6-7,11-13H2,(H3,23,26,29)/t16-/m1/s1. The van der Waals surface area contributed by atoms with Crippen molar-refractivity contribution < 1.29 is 13.5 Å². The molecule has 2 aromatic carbocycles. The average Bonchev–Trinajstić information content (AvgIpc) is 2.71. The van der Waals surface area contributed by atoms with Crippen LogP contribution in [0.4, 0.5) is 14.5 Å². The summed E-state index contributed by atoms with van der Waals surface area (Å²) in [5.41, 5.74) is 8.87. The molecular weight excluding hydrogens is 396 g/mol. The maximum absolute atomic E-state index is 14.6. The highest BCUT2D eigenvalue weighted by Gasteiger charge is 2.23. The number of hydrazone groups is 1. The second-order valence-corrected chi connectivity index (χ2v) is 7.10. The summed E-state index contributed by atoms with van der Waals surface area (Å²) in [6, 6.07) is 12.2. The summed E-state index contributed by atoms with van der Waals surface area (Å²) in [4.78, 5) is 1.82. The van der Waals surface area contributed by atoms with Gasteiger partial charge in [0.15, 0.2) is 5.11 Å². The molecule has 0 spiro atoms. The van der Waals surface area contributed by atoms with Crippen LogP contribution in [-0.2, 0) is 11.3 Å². The van der Waals surface area contributed by atoms with Gasteiger partial charge in [-0.25, -0.2) is 8.78 Å². The van der Waals surface area contributed by atoms with Crippen molar-refractivity contribution >= 4 is 29.2 Å². The van der Waals surface area contributed by atoms with Gasteiger partial charge in [-0.3, -0.25) is 5.43 Å². The van der Waals surface area contributed by atoms with Crippen molar-refractivity contribution in [2.24, 2.45) is 10.8 Å². The molecule has 1 fully saturated rings. The molecule has 1 saturated heterocycles. The molecular formula is C20H23F2N5OS. The molecule has 2 aromatic rings. The van der Waals surface area contributed by atoms with Gasteiger partial charge >= 0.3 is 0 Å². The Balaban J connectivity index is 1.60. The van der Waals surface area contributed by atoms with Crippen LogP contribution in [0.1, 0.15) is 11.1 Å². The zero-order valence-corrected chi connectivity index (χ0v) is 16.6. The molecule has 1 aliphatic rings. The number of hydrogen-bond donors (Lipinski definition) is 3. The molecule has 0 radical (unpaired) electrons. The molecule has 4 N–H and O–H groups in total. The zero-order valence-electron chi connectivity index (χ0n) is 15.8. The topological polar surface area (TPSA) is 74.9 Å². The molecule has 3 rings (SSSR count). The molecule has 0 saturated carbocycles. The third-order valence-electron chi connectivity index (χ3n) is 4.47. The summed E-state index contributed by atoms with van der Waals surface area (Å²) in [6.07, 6.45) is 1.14. The van der Waals surface area contributed by atoms with E-state index in [4.69, 9.17) is 10.5 Å². The van der Waals surface area contributed by atoms with Crippen LogP contribution >= 0.6 is 12.2 Å². The molecule has 9 heteroatoms. The zero-order chi connectivity index (χ0) is 20.6. The molecule has 6 nitrogen and oxygen atoms in total. The van der Waals surface area contributed by atoms with Crippen LogP contribution in [0.15, 0.2) is 47.6 Å². The molecule has 1 atom stereocenters. The highest BCUT2D eigenvalue weighted by atomic mass is 32.1. The Labute approximate surface area is 173 Å². The SMILES string of the molecule is NC(=S)NN=Cc1cc(F)c(N2CCN[C@@H](COCc3ccccc3)C2)cc1F. The quantitative estimate of drug-likeness (QED) is 0.363. The van der Waals surface area contributed by atoms with E-state index in [1.54, 1.807) is 0 Å². The molecule has 1 aliphatic heterocycles. The van der Waals surface area contributed by atoms with Crippen LogP contribution in [0, 0.1) is 11.6 Å². The number of rotatable bonds is 7. The van der Waals surface area contributed by atoms with Crippen molar-refractivity contribution in [3.05, 3.63) is 65.2 Å². The molecule has 0 bridgehead atoms. The van der Waals surface area contributed by atoms with E-state index in [0.717, 1.165) is 17.8 Å². The van der Waals surface area contributed by atoms with Crippen molar-refractivity contribution in [3.63, 3.8) is 0 Å². The first-order valence-electron chi connectivity index (χ1n) is 9.20. The molecule has 29 heavy (non-hydrogen) atoms. The first-order chi connectivity index (χ1) is 14.0. The van der Waals surface area contributed by atoms with Gasteiger partial charge in [-0.1, -0.05) is 30.3 Å². The summed E-state index contributed by atoms with van der Waals surface area (Å²) in [7, 11) is 0. The number of anilines is 1. The number of nitrogens with zero attached hydrogens (tertiary/aromatic N) is 2. The number of benzene rings is 2. The van der Waals surface area contributed by atoms with E-state index in [-0.39, 0.29) is 22.4 Å². The first-order valence-corrected chi connectivity index (χ1v) is 9.61. The Morgan fingerprint density at radius 1 is 1.31 bits per heavy atom. The van der Waals surface area contributed by atoms with E-state index in [9.17, 15) is 8.78 Å². The van der Waals surface area contributed by atoms with Gasteiger partial charge in [-0.15, -0.1) is 0 Å². The lowest BCUT2D eigenvalue weighted by Crippen LogP contribution is -2.53. The first kappa shape index (κ1) is 21.1. The van der Waals surface area contributed by atoms with Crippen molar-refractivity contribution in [2.75, 3.05) is 31.1 Å². The van der Waals surface area contributed by atoms with Crippen molar-refractivity contribution in [1.29, 1.82) is 0 Å². The van der Waals surface area contributed by atoms with Gasteiger partial charge in [0, 0.05) is 37.3 Å². The summed E-state index contributed by atoms with van der Waals surface area (Å²) in [5, 5.41) is 6.97. The van der Waals surface area contributed by atoms with Gasteiger partial charge in [-0.05, 0) is 23.8 Å². The van der Waals surface area contributed by atoms with Crippen LogP contribution in [0.25, 0.3) is 0 Å². The number of nitrogens with two attached hydrogens (primary N) is 1. The lowest BCUT2D eigenvalue weighted by molar-refractivity contribution is 0.0971. The number of halogens is 2. The normalized spacial score (nSPS) is 16.9. The minimum atomic E-state index is -0.578. The predicted molar refractivity (Wildman–Crippen MR) is 114 cm³/mol. The molecule has 0 aliphatic carbocycles. The van der Waals surface area contributed by atoms with Gasteiger partial charge < -0.3 is 20.7 Å². The highest BCUT2D eigenvalue weighted by Crippen LogP contribution is 2.24. The Kier molecular flexibility index (Phi) is 7.45. The lowest BCUT2D eigenvalue weighted by Gasteiger charge is -2.35. The second-order valence-electron chi connectivity index (χ2n) is 6.66. The molecule has 0 aromatic heterocycles. The van der Waals surface area contributed by atoms with Gasteiger partial charge in [0.05, 0.1) is 25.1 Å². The van der Waals surface area contributed by atoms with Crippen molar-refractivity contribution in [1.82, 2.24) is 10.7 Å². The van der Waals surface area contributed by atoms with E-state index in [2.05, 4.69) is 28.1 Å². The minimum absolute atomic E-state index is 0.00730. The van der Waals surface area contributed by atoms with E-state index < -0.39 is 11.6 Å². The smallest absolute Gasteiger partial charge is 0.184 e. The fraction of sp³-hybridized carbons (Fsp3) is 0.300. The molecule has 154 valence electrons. The van der Waals surface area contributed by atoms with Gasteiger partial charge in [0.2, 0.25) is 0 Å². The summed E-state index contributed by atoms with van der Waals surface area (Å²) in [5.74, 6) is -1.10. The monoisotopic (exact) mass is 419 g/mol. The van der Waals surface area contributed by atoms with E-state index in [0.29, 0.717) is 32.8 Å². The highest BCUT2D eigenvalue weighted by molar-refractivity contribution is 7.80. The van der Waals surface area contributed by atoms with Crippen LogP contribution in [0.3, 0.4) is 0 Å².